The number of fused-ring (bicyclic) bond motifs is 1. The molecular formula is C17H13F2N7O. The third-order valence-corrected chi connectivity index (χ3v) is 4.09. The van der Waals surface area contributed by atoms with Gasteiger partial charge in [-0.2, -0.15) is 0 Å². The van der Waals surface area contributed by atoms with Crippen molar-refractivity contribution in [2.24, 2.45) is 10.7 Å². The number of nitrogens with one attached hydrogen (secondary N) is 1. The summed E-state index contributed by atoms with van der Waals surface area (Å²) >= 11 is 0. The van der Waals surface area contributed by atoms with Gasteiger partial charge in [0.05, 0.1) is 25.0 Å². The number of nitrogens with two attached hydrogens (primary N) is 1. The number of rotatable bonds is 3. The molecule has 0 fully saturated rings. The lowest BCUT2D eigenvalue weighted by atomic mass is 10.0. The second-order valence-electron chi connectivity index (χ2n) is 5.88. The first kappa shape index (κ1) is 16.8. The molecule has 1 amide bonds. The summed E-state index contributed by atoms with van der Waals surface area (Å²) in [4.78, 5) is 20.2. The number of anilines is 1. The molecule has 136 valence electrons. The van der Waals surface area contributed by atoms with Gasteiger partial charge in [0, 0.05) is 11.3 Å². The largest absolute Gasteiger partial charge is 0.382 e. The van der Waals surface area contributed by atoms with Crippen LogP contribution in [0.15, 0.2) is 47.7 Å². The zero-order chi connectivity index (χ0) is 19.0. The van der Waals surface area contributed by atoms with Gasteiger partial charge in [-0.05, 0) is 30.3 Å². The minimum absolute atomic E-state index is 0.0365. The number of carbonyl (C=O) groups excluding carboxylic acids is 1. The number of nitrogens with zero attached hydrogens (tertiary/aromatic N) is 5. The maximum atomic E-state index is 14.4. The highest BCUT2D eigenvalue weighted by Crippen LogP contribution is 2.28. The predicted molar refractivity (Wildman–Crippen MR) is 92.0 cm³/mol. The third-order valence-electron chi connectivity index (χ3n) is 4.09. The van der Waals surface area contributed by atoms with E-state index in [1.54, 1.807) is 4.68 Å². The lowest BCUT2D eigenvalue weighted by Crippen LogP contribution is -2.27. The Hall–Kier alpha value is -3.69. The normalized spacial score (nSPS) is 15.8. The molecule has 1 aromatic carbocycles. The number of benzene rings is 1. The Morgan fingerprint density at radius 2 is 2.07 bits per heavy atom. The van der Waals surface area contributed by atoms with Crippen LogP contribution in [0.3, 0.4) is 0 Å². The lowest BCUT2D eigenvalue weighted by molar-refractivity contribution is 0.102. The second kappa shape index (κ2) is 6.56. The van der Waals surface area contributed by atoms with Gasteiger partial charge in [-0.25, -0.2) is 18.4 Å². The van der Waals surface area contributed by atoms with Crippen molar-refractivity contribution >= 4 is 17.4 Å². The van der Waals surface area contributed by atoms with Crippen molar-refractivity contribution in [1.82, 2.24) is 20.0 Å². The molecule has 1 aliphatic heterocycles. The number of aliphatic imine (C=N–C) groups is 1. The van der Waals surface area contributed by atoms with E-state index in [9.17, 15) is 13.6 Å². The third kappa shape index (κ3) is 3.24. The zero-order valence-electron chi connectivity index (χ0n) is 13.8. The average Bonchev–Trinajstić information content (AvgIpc) is 3.13. The van der Waals surface area contributed by atoms with Crippen molar-refractivity contribution < 1.29 is 13.6 Å². The molecule has 1 atom stereocenters. The number of amides is 1. The summed E-state index contributed by atoms with van der Waals surface area (Å²) in [5, 5.41) is 10.3. The zero-order valence-corrected chi connectivity index (χ0v) is 13.8. The molecule has 0 spiro atoms. The number of amidine groups is 1. The Balaban J connectivity index is 1.60. The topological polar surface area (TPSA) is 111 Å². The molecule has 10 heteroatoms. The molecule has 1 unspecified atom stereocenters. The molecule has 0 bridgehead atoms. The lowest BCUT2D eigenvalue weighted by Gasteiger charge is -2.21. The standard InChI is InChI=1S/C17H13F2N7O/c18-9-1-4-13(21-6-9)17(27)23-10-2-3-12(19)11(5-10)14-8-26-15(7-22-25-26)16(20)24-14/h1-7,14H,8H2,(H2,20,24)(H,23,27). The Bertz CT molecular complexity index is 1050. The van der Waals surface area contributed by atoms with Crippen LogP contribution in [0.1, 0.15) is 27.8 Å². The average molecular weight is 369 g/mol. The van der Waals surface area contributed by atoms with Crippen LogP contribution in [0.25, 0.3) is 0 Å². The van der Waals surface area contributed by atoms with Crippen molar-refractivity contribution in [1.29, 1.82) is 0 Å². The van der Waals surface area contributed by atoms with Crippen LogP contribution in [0.4, 0.5) is 14.5 Å². The predicted octanol–water partition coefficient (Wildman–Crippen LogP) is 1.66. The van der Waals surface area contributed by atoms with Crippen LogP contribution < -0.4 is 11.1 Å². The minimum atomic E-state index is -0.611. The van der Waals surface area contributed by atoms with Crippen molar-refractivity contribution in [3.05, 3.63) is 71.3 Å². The Morgan fingerprint density at radius 1 is 1.22 bits per heavy atom. The van der Waals surface area contributed by atoms with E-state index in [1.807, 2.05) is 0 Å². The molecule has 1 aliphatic rings. The van der Waals surface area contributed by atoms with Crippen molar-refractivity contribution in [3.8, 4) is 0 Å². The van der Waals surface area contributed by atoms with Gasteiger partial charge in [0.15, 0.2) is 0 Å². The molecule has 3 N–H and O–H groups in total. The Labute approximate surface area is 151 Å². The molecule has 0 radical (unpaired) electrons. The number of hydrogen-bond acceptors (Lipinski definition) is 6. The summed E-state index contributed by atoms with van der Waals surface area (Å²) in [6.45, 7) is 0.268. The van der Waals surface area contributed by atoms with Crippen LogP contribution in [0.5, 0.6) is 0 Å². The summed E-state index contributed by atoms with van der Waals surface area (Å²) < 4.78 is 28.8. The van der Waals surface area contributed by atoms with Crippen LogP contribution in [-0.4, -0.2) is 31.7 Å². The van der Waals surface area contributed by atoms with Crippen molar-refractivity contribution in [2.45, 2.75) is 12.6 Å². The van der Waals surface area contributed by atoms with Gasteiger partial charge >= 0.3 is 0 Å². The highest BCUT2D eigenvalue weighted by Gasteiger charge is 2.24. The molecule has 27 heavy (non-hydrogen) atoms. The first-order chi connectivity index (χ1) is 13.0. The van der Waals surface area contributed by atoms with E-state index in [4.69, 9.17) is 5.73 Å². The first-order valence-electron chi connectivity index (χ1n) is 7.96. The molecular weight excluding hydrogens is 356 g/mol. The van der Waals surface area contributed by atoms with E-state index in [1.165, 1.54) is 30.5 Å². The number of carbonyl (C=O) groups is 1. The van der Waals surface area contributed by atoms with Crippen LogP contribution in [0.2, 0.25) is 0 Å². The fourth-order valence-electron chi connectivity index (χ4n) is 2.78. The monoisotopic (exact) mass is 369 g/mol. The van der Waals surface area contributed by atoms with E-state index in [-0.39, 0.29) is 23.6 Å². The number of pyridine rings is 1. The minimum Gasteiger partial charge on any atom is -0.382 e. The highest BCUT2D eigenvalue weighted by atomic mass is 19.1. The van der Waals surface area contributed by atoms with Crippen LogP contribution >= 0.6 is 0 Å². The van der Waals surface area contributed by atoms with Gasteiger partial charge in [-0.3, -0.25) is 9.79 Å². The summed E-state index contributed by atoms with van der Waals surface area (Å²) in [5.74, 6) is -1.37. The van der Waals surface area contributed by atoms with E-state index in [2.05, 4.69) is 25.6 Å². The van der Waals surface area contributed by atoms with Gasteiger partial charge < -0.3 is 11.1 Å². The quantitative estimate of drug-likeness (QED) is 0.729. The Kier molecular flexibility index (Phi) is 4.07. The summed E-state index contributed by atoms with van der Waals surface area (Å²) in [7, 11) is 0. The maximum absolute atomic E-state index is 14.4. The second-order valence-corrected chi connectivity index (χ2v) is 5.88. The summed E-state index contributed by atoms with van der Waals surface area (Å²) in [5.41, 5.74) is 7.10. The fraction of sp³-hybridized carbons (Fsp3) is 0.118. The van der Waals surface area contributed by atoms with Crippen LogP contribution in [-0.2, 0) is 6.54 Å². The maximum Gasteiger partial charge on any atom is 0.274 e. The number of aromatic nitrogens is 4. The van der Waals surface area contributed by atoms with E-state index < -0.39 is 23.6 Å². The molecule has 0 saturated carbocycles. The van der Waals surface area contributed by atoms with Crippen molar-refractivity contribution in [2.75, 3.05) is 5.32 Å². The number of hydrogen-bond donors (Lipinski definition) is 2. The van der Waals surface area contributed by atoms with Crippen LogP contribution in [0, 0.1) is 11.6 Å². The molecule has 3 heterocycles. The Morgan fingerprint density at radius 3 is 2.85 bits per heavy atom. The number of halogens is 2. The molecule has 2 aromatic heterocycles. The molecule has 8 nitrogen and oxygen atoms in total. The van der Waals surface area contributed by atoms with Gasteiger partial charge in [0.2, 0.25) is 0 Å². The van der Waals surface area contributed by atoms with E-state index >= 15 is 0 Å². The molecule has 0 aliphatic carbocycles. The summed E-state index contributed by atoms with van der Waals surface area (Å²) in [6.07, 6.45) is 2.43. The molecule has 3 aromatic rings. The fourth-order valence-corrected chi connectivity index (χ4v) is 2.78. The van der Waals surface area contributed by atoms with E-state index in [0.717, 1.165) is 12.3 Å². The van der Waals surface area contributed by atoms with Gasteiger partial charge in [-0.15, -0.1) is 5.10 Å². The smallest absolute Gasteiger partial charge is 0.274 e. The SMILES string of the molecule is NC1=NC(c2cc(NC(=O)c3ccc(F)cn3)ccc2F)Cn2nncc21. The molecule has 0 saturated heterocycles. The van der Waals surface area contributed by atoms with Gasteiger partial charge in [0.25, 0.3) is 5.91 Å². The molecule has 4 rings (SSSR count). The van der Waals surface area contributed by atoms with Gasteiger partial charge in [-0.1, -0.05) is 5.21 Å². The van der Waals surface area contributed by atoms with E-state index in [0.29, 0.717) is 11.4 Å². The highest BCUT2D eigenvalue weighted by molar-refractivity contribution is 6.02. The first-order valence-corrected chi connectivity index (χ1v) is 7.96. The van der Waals surface area contributed by atoms with Gasteiger partial charge in [0.1, 0.15) is 28.9 Å². The van der Waals surface area contributed by atoms with Crippen molar-refractivity contribution in [3.63, 3.8) is 0 Å². The summed E-state index contributed by atoms with van der Waals surface area (Å²) in [6, 6.07) is 5.89.